The normalized spacial score (nSPS) is 25.9. The van der Waals surface area contributed by atoms with Gasteiger partial charge in [-0.25, -0.2) is 0 Å². The summed E-state index contributed by atoms with van der Waals surface area (Å²) in [6.07, 6.45) is 7.02. The standard InChI is InChI=1S/C16H25NO/c1-3-13-7-4-5-10-16(13)18-12(2)14-8-6-9-15(17)11-14/h6,8-9,11-13,16H,3-5,7,10,17H2,1-2H3. The summed E-state index contributed by atoms with van der Waals surface area (Å²) in [6.45, 7) is 4.41. The van der Waals surface area contributed by atoms with Crippen molar-refractivity contribution in [1.29, 1.82) is 0 Å². The Morgan fingerprint density at radius 2 is 2.11 bits per heavy atom. The molecule has 2 N–H and O–H groups in total. The number of nitrogen functional groups attached to an aromatic ring is 1. The van der Waals surface area contributed by atoms with Crippen molar-refractivity contribution in [3.8, 4) is 0 Å². The van der Waals surface area contributed by atoms with E-state index in [-0.39, 0.29) is 6.10 Å². The third-order valence-electron chi connectivity index (χ3n) is 4.12. The van der Waals surface area contributed by atoms with E-state index >= 15 is 0 Å². The van der Waals surface area contributed by atoms with Crippen molar-refractivity contribution >= 4 is 5.69 Å². The molecule has 0 aromatic heterocycles. The van der Waals surface area contributed by atoms with E-state index in [0.717, 1.165) is 11.6 Å². The quantitative estimate of drug-likeness (QED) is 0.804. The molecule has 0 radical (unpaired) electrons. The first-order valence-corrected chi connectivity index (χ1v) is 7.21. The molecule has 2 rings (SSSR count). The highest BCUT2D eigenvalue weighted by Crippen LogP contribution is 2.33. The Hall–Kier alpha value is -1.02. The molecule has 1 fully saturated rings. The van der Waals surface area contributed by atoms with Crippen molar-refractivity contribution in [2.45, 2.75) is 58.2 Å². The first kappa shape index (κ1) is 13.4. The predicted octanol–water partition coefficient (Wildman–Crippen LogP) is 4.32. The molecule has 0 aliphatic heterocycles. The molecular weight excluding hydrogens is 222 g/mol. The van der Waals surface area contributed by atoms with Crippen molar-refractivity contribution in [2.75, 3.05) is 5.73 Å². The van der Waals surface area contributed by atoms with Crippen LogP contribution in [0.2, 0.25) is 0 Å². The molecule has 0 spiro atoms. The zero-order valence-corrected chi connectivity index (χ0v) is 11.6. The van der Waals surface area contributed by atoms with Crippen molar-refractivity contribution < 1.29 is 4.74 Å². The van der Waals surface area contributed by atoms with Gasteiger partial charge in [0.05, 0.1) is 12.2 Å². The van der Waals surface area contributed by atoms with Gasteiger partial charge in [0.25, 0.3) is 0 Å². The Labute approximate surface area is 111 Å². The maximum absolute atomic E-state index is 6.28. The fourth-order valence-electron chi connectivity index (χ4n) is 2.97. The number of benzene rings is 1. The summed E-state index contributed by atoms with van der Waals surface area (Å²) < 4.78 is 6.28. The molecule has 1 saturated carbocycles. The van der Waals surface area contributed by atoms with Crippen LogP contribution in [-0.4, -0.2) is 6.10 Å². The zero-order valence-electron chi connectivity index (χ0n) is 11.6. The number of anilines is 1. The lowest BCUT2D eigenvalue weighted by molar-refractivity contribution is -0.0548. The molecule has 2 heteroatoms. The summed E-state index contributed by atoms with van der Waals surface area (Å²) in [5.41, 5.74) is 7.84. The molecule has 0 saturated heterocycles. The summed E-state index contributed by atoms with van der Waals surface area (Å²) in [5, 5.41) is 0. The lowest BCUT2D eigenvalue weighted by atomic mass is 9.84. The second-order valence-electron chi connectivity index (χ2n) is 5.44. The van der Waals surface area contributed by atoms with Gasteiger partial charge in [0, 0.05) is 5.69 Å². The second-order valence-corrected chi connectivity index (χ2v) is 5.44. The monoisotopic (exact) mass is 247 g/mol. The van der Waals surface area contributed by atoms with E-state index < -0.39 is 0 Å². The minimum Gasteiger partial charge on any atom is -0.399 e. The number of ether oxygens (including phenoxy) is 1. The van der Waals surface area contributed by atoms with Crippen LogP contribution in [0.1, 0.15) is 57.6 Å². The molecule has 0 bridgehead atoms. The van der Waals surface area contributed by atoms with Gasteiger partial charge in [-0.15, -0.1) is 0 Å². The van der Waals surface area contributed by atoms with Crippen LogP contribution in [0.25, 0.3) is 0 Å². The summed E-state index contributed by atoms with van der Waals surface area (Å²) >= 11 is 0. The Kier molecular flexibility index (Phi) is 4.65. The average molecular weight is 247 g/mol. The highest BCUT2D eigenvalue weighted by Gasteiger charge is 2.26. The Morgan fingerprint density at radius 1 is 1.33 bits per heavy atom. The molecule has 0 heterocycles. The number of nitrogens with two attached hydrogens (primary N) is 1. The number of rotatable bonds is 4. The fourth-order valence-corrected chi connectivity index (χ4v) is 2.97. The minimum atomic E-state index is 0.144. The molecule has 100 valence electrons. The van der Waals surface area contributed by atoms with Crippen molar-refractivity contribution in [3.05, 3.63) is 29.8 Å². The smallest absolute Gasteiger partial charge is 0.0801 e. The third kappa shape index (κ3) is 3.26. The van der Waals surface area contributed by atoms with Gasteiger partial charge in [0.2, 0.25) is 0 Å². The minimum absolute atomic E-state index is 0.144. The molecule has 1 aliphatic rings. The molecule has 0 amide bonds. The largest absolute Gasteiger partial charge is 0.399 e. The van der Waals surface area contributed by atoms with Gasteiger partial charge in [-0.2, -0.15) is 0 Å². The number of hydrogen-bond acceptors (Lipinski definition) is 2. The van der Waals surface area contributed by atoms with Gasteiger partial charge < -0.3 is 10.5 Å². The van der Waals surface area contributed by atoms with Gasteiger partial charge in [-0.1, -0.05) is 38.3 Å². The van der Waals surface area contributed by atoms with Crippen LogP contribution in [0.3, 0.4) is 0 Å². The number of hydrogen-bond donors (Lipinski definition) is 1. The van der Waals surface area contributed by atoms with E-state index in [1.807, 2.05) is 18.2 Å². The van der Waals surface area contributed by atoms with Gasteiger partial charge in [-0.3, -0.25) is 0 Å². The summed E-state index contributed by atoms with van der Waals surface area (Å²) in [5.74, 6) is 0.738. The summed E-state index contributed by atoms with van der Waals surface area (Å²) in [7, 11) is 0. The molecule has 1 aromatic carbocycles. The van der Waals surface area contributed by atoms with E-state index in [2.05, 4.69) is 19.9 Å². The van der Waals surface area contributed by atoms with Crippen molar-refractivity contribution in [3.63, 3.8) is 0 Å². The second kappa shape index (κ2) is 6.24. The molecule has 2 nitrogen and oxygen atoms in total. The zero-order chi connectivity index (χ0) is 13.0. The molecule has 1 aliphatic carbocycles. The first-order valence-electron chi connectivity index (χ1n) is 7.21. The lowest BCUT2D eigenvalue weighted by Crippen LogP contribution is -2.28. The van der Waals surface area contributed by atoms with E-state index in [1.165, 1.54) is 37.7 Å². The molecule has 3 unspecified atom stereocenters. The Balaban J connectivity index is 1.99. The Morgan fingerprint density at radius 3 is 2.83 bits per heavy atom. The third-order valence-corrected chi connectivity index (χ3v) is 4.12. The summed E-state index contributed by atoms with van der Waals surface area (Å²) in [6, 6.07) is 8.05. The van der Waals surface area contributed by atoms with Gasteiger partial charge in [0.1, 0.15) is 0 Å². The predicted molar refractivity (Wildman–Crippen MR) is 76.4 cm³/mol. The molecule has 3 atom stereocenters. The van der Waals surface area contributed by atoms with Crippen LogP contribution in [0.5, 0.6) is 0 Å². The maximum Gasteiger partial charge on any atom is 0.0801 e. The first-order chi connectivity index (χ1) is 8.70. The van der Waals surface area contributed by atoms with Crippen LogP contribution in [0, 0.1) is 5.92 Å². The SMILES string of the molecule is CCC1CCCCC1OC(C)c1cccc(N)c1. The van der Waals surface area contributed by atoms with Crippen LogP contribution in [0.4, 0.5) is 5.69 Å². The fraction of sp³-hybridized carbons (Fsp3) is 0.625. The van der Waals surface area contributed by atoms with Crippen molar-refractivity contribution in [1.82, 2.24) is 0 Å². The van der Waals surface area contributed by atoms with Gasteiger partial charge in [0.15, 0.2) is 0 Å². The molecule has 18 heavy (non-hydrogen) atoms. The van der Waals surface area contributed by atoms with E-state index in [9.17, 15) is 0 Å². The van der Waals surface area contributed by atoms with Gasteiger partial charge in [-0.05, 0) is 43.4 Å². The van der Waals surface area contributed by atoms with Crippen LogP contribution in [-0.2, 0) is 4.74 Å². The van der Waals surface area contributed by atoms with Crippen LogP contribution >= 0.6 is 0 Å². The average Bonchev–Trinajstić information content (AvgIpc) is 2.39. The van der Waals surface area contributed by atoms with Gasteiger partial charge >= 0.3 is 0 Å². The topological polar surface area (TPSA) is 35.2 Å². The van der Waals surface area contributed by atoms with E-state index in [0.29, 0.717) is 6.10 Å². The highest BCUT2D eigenvalue weighted by molar-refractivity contribution is 5.41. The highest BCUT2D eigenvalue weighted by atomic mass is 16.5. The lowest BCUT2D eigenvalue weighted by Gasteiger charge is -2.33. The van der Waals surface area contributed by atoms with Crippen molar-refractivity contribution in [2.24, 2.45) is 5.92 Å². The van der Waals surface area contributed by atoms with Crippen LogP contribution in [0.15, 0.2) is 24.3 Å². The molecule has 1 aromatic rings. The van der Waals surface area contributed by atoms with Crippen LogP contribution < -0.4 is 5.73 Å². The van der Waals surface area contributed by atoms with E-state index in [4.69, 9.17) is 10.5 Å². The molecular formula is C16H25NO. The summed E-state index contributed by atoms with van der Waals surface area (Å²) in [4.78, 5) is 0. The Bertz CT molecular complexity index is 377. The van der Waals surface area contributed by atoms with E-state index in [1.54, 1.807) is 0 Å². The maximum atomic E-state index is 6.28.